The van der Waals surface area contributed by atoms with Gasteiger partial charge in [-0.15, -0.1) is 0 Å². The fraction of sp³-hybridized carbons (Fsp3) is 0.235. The molecule has 0 fully saturated rings. The minimum atomic E-state index is -4.30. The summed E-state index contributed by atoms with van der Waals surface area (Å²) >= 11 is 6.33. The summed E-state index contributed by atoms with van der Waals surface area (Å²) in [7, 11) is -1.36. The largest absolute Gasteiger partial charge is 0.497 e. The van der Waals surface area contributed by atoms with Gasteiger partial charge in [0, 0.05) is 24.5 Å². The van der Waals surface area contributed by atoms with E-state index in [4.69, 9.17) is 21.1 Å². The van der Waals surface area contributed by atoms with E-state index in [0.29, 0.717) is 17.9 Å². The molecular formula is C34H36ClN3O6S. The van der Waals surface area contributed by atoms with Crippen LogP contribution in [0.5, 0.6) is 11.5 Å². The molecule has 2 amide bonds. The normalized spacial score (nSPS) is 11.7. The number of methoxy groups -OCH3 is 2. The van der Waals surface area contributed by atoms with Gasteiger partial charge in [-0.05, 0) is 60.5 Å². The lowest BCUT2D eigenvalue weighted by molar-refractivity contribution is -0.140. The number of nitrogens with one attached hydrogen (secondary N) is 1. The molecule has 236 valence electrons. The van der Waals surface area contributed by atoms with Crippen molar-refractivity contribution in [2.45, 2.75) is 30.8 Å². The monoisotopic (exact) mass is 649 g/mol. The zero-order chi connectivity index (χ0) is 32.4. The first-order chi connectivity index (χ1) is 21.7. The first-order valence-corrected chi connectivity index (χ1v) is 16.1. The van der Waals surface area contributed by atoms with Crippen molar-refractivity contribution in [3.8, 4) is 11.5 Å². The molecule has 1 N–H and O–H groups in total. The van der Waals surface area contributed by atoms with Crippen molar-refractivity contribution in [3.63, 3.8) is 0 Å². The van der Waals surface area contributed by atoms with Crippen LogP contribution in [0.2, 0.25) is 5.02 Å². The van der Waals surface area contributed by atoms with Gasteiger partial charge in [-0.25, -0.2) is 8.42 Å². The molecule has 0 aliphatic carbocycles. The van der Waals surface area contributed by atoms with E-state index in [1.165, 1.54) is 36.3 Å². The van der Waals surface area contributed by atoms with Gasteiger partial charge in [0.25, 0.3) is 10.0 Å². The lowest BCUT2D eigenvalue weighted by Gasteiger charge is -2.34. The molecule has 0 heterocycles. The van der Waals surface area contributed by atoms with Crippen molar-refractivity contribution in [2.24, 2.45) is 0 Å². The summed E-state index contributed by atoms with van der Waals surface area (Å²) in [6, 6.07) is 27.9. The van der Waals surface area contributed by atoms with Crippen molar-refractivity contribution in [3.05, 3.63) is 119 Å². The van der Waals surface area contributed by atoms with Crippen LogP contribution in [-0.2, 0) is 32.6 Å². The van der Waals surface area contributed by atoms with Crippen molar-refractivity contribution < 1.29 is 27.5 Å². The third kappa shape index (κ3) is 8.34. The zero-order valence-corrected chi connectivity index (χ0v) is 26.9. The summed E-state index contributed by atoms with van der Waals surface area (Å²) in [4.78, 5) is 29.5. The molecule has 0 saturated heterocycles. The molecule has 0 radical (unpaired) electrons. The van der Waals surface area contributed by atoms with Crippen molar-refractivity contribution in [1.82, 2.24) is 10.2 Å². The van der Waals surface area contributed by atoms with E-state index in [2.05, 4.69) is 5.32 Å². The Bertz CT molecular complexity index is 1700. The summed E-state index contributed by atoms with van der Waals surface area (Å²) in [6.07, 6.45) is 0.203. The predicted octanol–water partition coefficient (Wildman–Crippen LogP) is 5.33. The second-order valence-electron chi connectivity index (χ2n) is 10.1. The number of hydrogen-bond donors (Lipinski definition) is 1. The van der Waals surface area contributed by atoms with E-state index in [0.717, 1.165) is 9.87 Å². The highest BCUT2D eigenvalue weighted by molar-refractivity contribution is 7.92. The molecule has 0 spiro atoms. The average Bonchev–Trinajstić information content (AvgIpc) is 3.06. The van der Waals surface area contributed by atoms with Crippen LogP contribution in [0, 0.1) is 0 Å². The third-order valence-electron chi connectivity index (χ3n) is 7.13. The van der Waals surface area contributed by atoms with Crippen molar-refractivity contribution in [2.75, 3.05) is 31.6 Å². The summed E-state index contributed by atoms with van der Waals surface area (Å²) in [5.74, 6) is -0.188. The number of anilines is 1. The molecule has 0 aliphatic heterocycles. The summed E-state index contributed by atoms with van der Waals surface area (Å²) < 4.78 is 40.2. The number of carbonyl (C=O) groups excluding carboxylic acids is 2. The van der Waals surface area contributed by atoms with E-state index in [1.807, 2.05) is 36.4 Å². The predicted molar refractivity (Wildman–Crippen MR) is 175 cm³/mol. The molecule has 45 heavy (non-hydrogen) atoms. The van der Waals surface area contributed by atoms with Crippen LogP contribution in [-0.4, -0.2) is 58.5 Å². The number of rotatable bonds is 14. The van der Waals surface area contributed by atoms with E-state index >= 15 is 0 Å². The molecule has 0 aliphatic rings. The van der Waals surface area contributed by atoms with Gasteiger partial charge in [0.2, 0.25) is 11.8 Å². The first kappa shape index (κ1) is 33.4. The molecule has 0 aromatic heterocycles. The molecule has 4 aromatic rings. The van der Waals surface area contributed by atoms with Gasteiger partial charge in [-0.3, -0.25) is 13.9 Å². The van der Waals surface area contributed by atoms with Crippen LogP contribution in [0.3, 0.4) is 0 Å². The molecule has 11 heteroatoms. The maximum atomic E-state index is 14.5. The van der Waals surface area contributed by atoms with Crippen LogP contribution < -0.4 is 19.1 Å². The lowest BCUT2D eigenvalue weighted by atomic mass is 10.0. The highest BCUT2D eigenvalue weighted by atomic mass is 35.5. The molecule has 9 nitrogen and oxygen atoms in total. The molecule has 0 unspecified atom stereocenters. The molecular weight excluding hydrogens is 614 g/mol. The Morgan fingerprint density at radius 2 is 1.51 bits per heavy atom. The van der Waals surface area contributed by atoms with Crippen LogP contribution >= 0.6 is 11.6 Å². The van der Waals surface area contributed by atoms with Gasteiger partial charge in [0.15, 0.2) is 0 Å². The standard InChI is InChI=1S/C34H36ClN3O6S/c1-4-36-34(40)31(21-25-12-7-5-8-13-25)37(23-26-14-11-15-28(20-26)43-2)33(39)24-38(30-22-27(35)18-19-32(30)44-3)45(41,42)29-16-9-6-10-17-29/h5-20,22,31H,4,21,23-24H2,1-3H3,(H,36,40)/t31-/m1/s1. The maximum absolute atomic E-state index is 14.5. The minimum Gasteiger partial charge on any atom is -0.497 e. The Labute approximate surface area is 269 Å². The Kier molecular flexibility index (Phi) is 11.5. The second kappa shape index (κ2) is 15.5. The maximum Gasteiger partial charge on any atom is 0.264 e. The van der Waals surface area contributed by atoms with E-state index in [9.17, 15) is 18.0 Å². The second-order valence-corrected chi connectivity index (χ2v) is 12.4. The van der Waals surface area contributed by atoms with Crippen LogP contribution in [0.25, 0.3) is 0 Å². The van der Waals surface area contributed by atoms with Crippen LogP contribution in [0.15, 0.2) is 108 Å². The number of nitrogens with zero attached hydrogens (tertiary/aromatic N) is 2. The highest BCUT2D eigenvalue weighted by Gasteiger charge is 2.35. The SMILES string of the molecule is CCNC(=O)[C@@H](Cc1ccccc1)N(Cc1cccc(OC)c1)C(=O)CN(c1cc(Cl)ccc1OC)S(=O)(=O)c1ccccc1. The number of hydrogen-bond acceptors (Lipinski definition) is 6. The molecule has 0 bridgehead atoms. The number of carbonyl (C=O) groups is 2. The number of ether oxygens (including phenoxy) is 2. The third-order valence-corrected chi connectivity index (χ3v) is 9.14. The Balaban J connectivity index is 1.84. The highest BCUT2D eigenvalue weighted by Crippen LogP contribution is 2.35. The fourth-order valence-electron chi connectivity index (χ4n) is 4.90. The van der Waals surface area contributed by atoms with Gasteiger partial charge in [-0.2, -0.15) is 0 Å². The Morgan fingerprint density at radius 3 is 2.16 bits per heavy atom. The number of likely N-dealkylation sites (N-methyl/N-ethyl adjacent to an activating group) is 1. The van der Waals surface area contributed by atoms with Gasteiger partial charge in [0.1, 0.15) is 24.1 Å². The summed E-state index contributed by atoms with van der Waals surface area (Å²) in [5.41, 5.74) is 1.62. The summed E-state index contributed by atoms with van der Waals surface area (Å²) in [6.45, 7) is 1.52. The molecule has 4 aromatic carbocycles. The van der Waals surface area contributed by atoms with Crippen molar-refractivity contribution in [1.29, 1.82) is 0 Å². The van der Waals surface area contributed by atoms with Gasteiger partial charge in [-0.1, -0.05) is 72.3 Å². The average molecular weight is 650 g/mol. The van der Waals surface area contributed by atoms with Gasteiger partial charge < -0.3 is 19.7 Å². The quantitative estimate of drug-likeness (QED) is 0.198. The van der Waals surface area contributed by atoms with Crippen molar-refractivity contribution >= 4 is 39.1 Å². The zero-order valence-electron chi connectivity index (χ0n) is 25.4. The first-order valence-electron chi connectivity index (χ1n) is 14.3. The smallest absolute Gasteiger partial charge is 0.264 e. The van der Waals surface area contributed by atoms with Crippen LogP contribution in [0.1, 0.15) is 18.1 Å². The van der Waals surface area contributed by atoms with Gasteiger partial charge >= 0.3 is 0 Å². The van der Waals surface area contributed by atoms with E-state index in [1.54, 1.807) is 56.5 Å². The van der Waals surface area contributed by atoms with Gasteiger partial charge in [0.05, 0.1) is 24.8 Å². The topological polar surface area (TPSA) is 105 Å². The number of sulfonamides is 1. The summed E-state index contributed by atoms with van der Waals surface area (Å²) in [5, 5.41) is 3.10. The van der Waals surface area contributed by atoms with Crippen LogP contribution in [0.4, 0.5) is 5.69 Å². The van der Waals surface area contributed by atoms with E-state index < -0.39 is 28.5 Å². The van der Waals surface area contributed by atoms with E-state index in [-0.39, 0.29) is 40.2 Å². The molecule has 1 atom stereocenters. The lowest BCUT2D eigenvalue weighted by Crippen LogP contribution is -2.53. The fourth-order valence-corrected chi connectivity index (χ4v) is 6.51. The Hall–Kier alpha value is -4.54. The number of amides is 2. The number of benzene rings is 4. The Morgan fingerprint density at radius 1 is 0.844 bits per heavy atom. The number of halogens is 1. The molecule has 4 rings (SSSR count). The minimum absolute atomic E-state index is 0.0105. The molecule has 0 saturated carbocycles.